The number of carbonyl (C=O) groups excluding carboxylic acids is 1. The number of aldehydes is 1. The van der Waals surface area contributed by atoms with Crippen molar-refractivity contribution in [1.29, 1.82) is 0 Å². The van der Waals surface area contributed by atoms with Gasteiger partial charge in [-0.15, -0.1) is 0 Å². The number of non-ortho nitro benzene ring substituents is 1. The van der Waals surface area contributed by atoms with Gasteiger partial charge in [0.25, 0.3) is 5.69 Å². The maximum Gasteiger partial charge on any atom is 0.269 e. The largest absolute Gasteiger partial charge is 0.348 e. The van der Waals surface area contributed by atoms with E-state index in [9.17, 15) is 14.9 Å². The van der Waals surface area contributed by atoms with E-state index in [2.05, 4.69) is 0 Å². The number of nitro groups is 1. The van der Waals surface area contributed by atoms with Crippen LogP contribution in [0.1, 0.15) is 5.56 Å². The van der Waals surface area contributed by atoms with Crippen LogP contribution in [0.2, 0.25) is 5.02 Å². The molecule has 1 heterocycles. The molecule has 0 amide bonds. The van der Waals surface area contributed by atoms with Gasteiger partial charge in [-0.3, -0.25) is 10.1 Å². The van der Waals surface area contributed by atoms with Crippen molar-refractivity contribution >= 4 is 41.0 Å². The van der Waals surface area contributed by atoms with E-state index in [0.29, 0.717) is 11.6 Å². The molecule has 22 heavy (non-hydrogen) atoms. The summed E-state index contributed by atoms with van der Waals surface area (Å²) in [6.07, 6.45) is 0.871. The Morgan fingerprint density at radius 2 is 2.14 bits per heavy atom. The highest BCUT2D eigenvalue weighted by Gasteiger charge is 2.30. The summed E-state index contributed by atoms with van der Waals surface area (Å²) in [4.78, 5) is 24.7. The van der Waals surface area contributed by atoms with Gasteiger partial charge in [-0.2, -0.15) is 0 Å². The molecule has 0 fully saturated rings. The second kappa shape index (κ2) is 5.98. The molecule has 1 atom stereocenters. The van der Waals surface area contributed by atoms with E-state index < -0.39 is 4.92 Å². The van der Waals surface area contributed by atoms with E-state index in [-0.39, 0.29) is 11.1 Å². The summed E-state index contributed by atoms with van der Waals surface area (Å²) in [5.74, 6) is 0. The molecule has 0 aromatic heterocycles. The number of hydrogen-bond donors (Lipinski definition) is 0. The molecule has 7 heteroatoms. The Morgan fingerprint density at radius 3 is 2.86 bits per heavy atom. The molecule has 0 bridgehead atoms. The average Bonchev–Trinajstić information content (AvgIpc) is 2.85. The number of nitro benzene ring substituents is 1. The highest BCUT2D eigenvalue weighted by atomic mass is 35.5. The molecule has 3 rings (SSSR count). The van der Waals surface area contributed by atoms with Crippen LogP contribution in [0.25, 0.3) is 0 Å². The molecule has 112 valence electrons. The highest BCUT2D eigenvalue weighted by Crippen LogP contribution is 2.44. The summed E-state index contributed by atoms with van der Waals surface area (Å²) in [7, 11) is 0. The maximum atomic E-state index is 11.3. The van der Waals surface area contributed by atoms with Crippen LogP contribution in [-0.4, -0.2) is 16.6 Å². The molecule has 2 aromatic rings. The Kier molecular flexibility index (Phi) is 4.04. The van der Waals surface area contributed by atoms with Crippen molar-refractivity contribution in [2.45, 2.75) is 16.8 Å². The van der Waals surface area contributed by atoms with Crippen molar-refractivity contribution in [2.75, 3.05) is 4.90 Å². The summed E-state index contributed by atoms with van der Waals surface area (Å²) in [6.45, 7) is 0.408. The fourth-order valence-corrected chi connectivity index (χ4v) is 3.63. The Morgan fingerprint density at radius 1 is 1.32 bits per heavy atom. The number of rotatable bonds is 4. The second-order valence-corrected chi connectivity index (χ2v) is 6.41. The number of nitrogens with zero attached hydrogens (tertiary/aromatic N) is 2. The maximum absolute atomic E-state index is 11.3. The van der Waals surface area contributed by atoms with Gasteiger partial charge in [0, 0.05) is 28.6 Å². The quantitative estimate of drug-likeness (QED) is 0.482. The number of carbonyl (C=O) groups is 1. The predicted octanol–water partition coefficient (Wildman–Crippen LogP) is 3.89. The first kappa shape index (κ1) is 14.9. The topological polar surface area (TPSA) is 63.5 Å². The van der Waals surface area contributed by atoms with E-state index in [4.69, 9.17) is 11.6 Å². The number of thioether (sulfide) groups is 1. The Bertz CT molecular complexity index is 753. The van der Waals surface area contributed by atoms with Crippen molar-refractivity contribution in [3.05, 3.63) is 63.2 Å². The zero-order valence-electron chi connectivity index (χ0n) is 11.3. The van der Waals surface area contributed by atoms with Gasteiger partial charge in [0.15, 0.2) is 6.29 Å². The molecule has 0 saturated heterocycles. The smallest absolute Gasteiger partial charge is 0.269 e. The summed E-state index contributed by atoms with van der Waals surface area (Å²) in [5, 5.41) is 11.1. The van der Waals surface area contributed by atoms with Crippen molar-refractivity contribution in [3.63, 3.8) is 0 Å². The van der Waals surface area contributed by atoms with Gasteiger partial charge in [-0.05, 0) is 23.8 Å². The Labute approximate surface area is 136 Å². The molecule has 1 aliphatic heterocycles. The number of halogens is 1. The number of hydrogen-bond acceptors (Lipinski definition) is 5. The van der Waals surface area contributed by atoms with E-state index in [1.807, 2.05) is 23.1 Å². The van der Waals surface area contributed by atoms with Crippen LogP contribution in [0.5, 0.6) is 0 Å². The lowest BCUT2D eigenvalue weighted by molar-refractivity contribution is -0.384. The molecule has 0 spiro atoms. The van der Waals surface area contributed by atoms with Gasteiger partial charge in [-0.1, -0.05) is 35.5 Å². The molecular weight excluding hydrogens is 324 g/mol. The van der Waals surface area contributed by atoms with Crippen LogP contribution >= 0.6 is 23.4 Å². The average molecular weight is 335 g/mol. The first-order valence-corrected chi connectivity index (χ1v) is 7.76. The van der Waals surface area contributed by atoms with Crippen LogP contribution in [0, 0.1) is 10.1 Å². The van der Waals surface area contributed by atoms with Gasteiger partial charge in [-0.25, -0.2) is 0 Å². The second-order valence-electron chi connectivity index (χ2n) is 4.81. The van der Waals surface area contributed by atoms with Crippen molar-refractivity contribution < 1.29 is 9.72 Å². The van der Waals surface area contributed by atoms with Crippen LogP contribution in [0.3, 0.4) is 0 Å². The van der Waals surface area contributed by atoms with Crippen molar-refractivity contribution in [3.8, 4) is 0 Å². The van der Waals surface area contributed by atoms with E-state index in [0.717, 1.165) is 22.4 Å². The third-order valence-corrected chi connectivity index (χ3v) is 4.82. The van der Waals surface area contributed by atoms with E-state index in [1.54, 1.807) is 12.1 Å². The van der Waals surface area contributed by atoms with Gasteiger partial charge in [0.05, 0.1) is 10.6 Å². The van der Waals surface area contributed by atoms with Gasteiger partial charge in [0.1, 0.15) is 5.37 Å². The molecule has 0 N–H and O–H groups in total. The van der Waals surface area contributed by atoms with Gasteiger partial charge < -0.3 is 9.69 Å². The molecule has 0 saturated carbocycles. The lowest BCUT2D eigenvalue weighted by Gasteiger charge is -2.23. The monoisotopic (exact) mass is 334 g/mol. The number of anilines is 1. The molecule has 1 unspecified atom stereocenters. The van der Waals surface area contributed by atoms with Gasteiger partial charge in [0.2, 0.25) is 0 Å². The van der Waals surface area contributed by atoms with Crippen molar-refractivity contribution in [1.82, 2.24) is 0 Å². The Hall–Kier alpha value is -2.05. The van der Waals surface area contributed by atoms with Crippen LogP contribution in [0.15, 0.2) is 47.4 Å². The fourth-order valence-electron chi connectivity index (χ4n) is 2.39. The predicted molar refractivity (Wildman–Crippen MR) is 86.4 cm³/mol. The highest BCUT2D eigenvalue weighted by molar-refractivity contribution is 8.01. The minimum Gasteiger partial charge on any atom is -0.348 e. The summed E-state index contributed by atoms with van der Waals surface area (Å²) < 4.78 is 0. The van der Waals surface area contributed by atoms with Crippen LogP contribution < -0.4 is 4.90 Å². The summed E-state index contributed by atoms with van der Waals surface area (Å²) in [5.41, 5.74) is 1.69. The van der Waals surface area contributed by atoms with Crippen LogP contribution in [0.4, 0.5) is 11.4 Å². The molecule has 0 aliphatic carbocycles. The van der Waals surface area contributed by atoms with Crippen molar-refractivity contribution in [2.24, 2.45) is 0 Å². The first-order chi connectivity index (χ1) is 10.6. The minimum atomic E-state index is -0.426. The zero-order chi connectivity index (χ0) is 15.7. The number of fused-ring (bicyclic) bond motifs is 1. The Balaban J connectivity index is 1.94. The van der Waals surface area contributed by atoms with Gasteiger partial charge >= 0.3 is 0 Å². The summed E-state index contributed by atoms with van der Waals surface area (Å²) >= 11 is 7.48. The summed E-state index contributed by atoms with van der Waals surface area (Å²) in [6, 6.07) is 11.9. The molecule has 2 aromatic carbocycles. The third-order valence-electron chi connectivity index (χ3n) is 3.38. The molecular formula is C15H11ClN2O3S. The van der Waals surface area contributed by atoms with E-state index >= 15 is 0 Å². The molecule has 0 radical (unpaired) electrons. The minimum absolute atomic E-state index is 0.0401. The third kappa shape index (κ3) is 2.80. The molecule has 5 nitrogen and oxygen atoms in total. The SMILES string of the molecule is O=CC1Sc2ccc(Cl)cc2N1Cc1cccc([N+](=O)[O-])c1. The standard InChI is InChI=1S/C15H11ClN2O3S/c16-11-4-5-14-13(7-11)17(15(9-19)22-14)8-10-2-1-3-12(6-10)18(20)21/h1-7,9,15H,8H2. The zero-order valence-corrected chi connectivity index (χ0v) is 12.9. The van der Waals surface area contributed by atoms with E-state index in [1.165, 1.54) is 23.9 Å². The van der Waals surface area contributed by atoms with Crippen LogP contribution in [-0.2, 0) is 11.3 Å². The first-order valence-electron chi connectivity index (χ1n) is 6.50. The number of benzene rings is 2. The lowest BCUT2D eigenvalue weighted by atomic mass is 10.1. The normalized spacial score (nSPS) is 16.4. The fraction of sp³-hybridized carbons (Fsp3) is 0.133. The lowest BCUT2D eigenvalue weighted by Crippen LogP contribution is -2.29. The molecule has 1 aliphatic rings.